The topological polar surface area (TPSA) is 0 Å². The summed E-state index contributed by atoms with van der Waals surface area (Å²) in [6, 6.07) is 19.1. The molecule has 0 saturated carbocycles. The van der Waals surface area contributed by atoms with Crippen molar-refractivity contribution in [2.24, 2.45) is 0 Å². The smallest absolute Gasteiger partial charge is 0.00290 e. The third-order valence-electron chi connectivity index (χ3n) is 3.54. The van der Waals surface area contributed by atoms with E-state index in [1.54, 1.807) is 0 Å². The van der Waals surface area contributed by atoms with Gasteiger partial charge in [0.25, 0.3) is 0 Å². The zero-order valence-electron chi connectivity index (χ0n) is 13.0. The molecule has 21 heavy (non-hydrogen) atoms. The van der Waals surface area contributed by atoms with E-state index in [2.05, 4.69) is 86.7 Å². The van der Waals surface area contributed by atoms with E-state index in [0.717, 1.165) is 6.42 Å². The van der Waals surface area contributed by atoms with Gasteiger partial charge < -0.3 is 0 Å². The molecule has 1 aliphatic carbocycles. The number of allylic oxidation sites excluding steroid dienone is 4. The van der Waals surface area contributed by atoms with Crippen LogP contribution >= 0.6 is 0 Å². The summed E-state index contributed by atoms with van der Waals surface area (Å²) in [6.45, 7) is 4.19. The second-order valence-electron chi connectivity index (χ2n) is 5.58. The molecule has 0 aliphatic heterocycles. The molecular weight excluding hydrogens is 252 g/mol. The zero-order valence-corrected chi connectivity index (χ0v) is 13.0. The molecule has 0 atom stereocenters. The van der Waals surface area contributed by atoms with Crippen LogP contribution in [0.25, 0.3) is 0 Å². The molecule has 0 heterocycles. The van der Waals surface area contributed by atoms with E-state index in [1.807, 2.05) is 0 Å². The summed E-state index contributed by atoms with van der Waals surface area (Å²) in [5.41, 5.74) is 5.52. The van der Waals surface area contributed by atoms with Crippen molar-refractivity contribution in [1.29, 1.82) is 0 Å². The van der Waals surface area contributed by atoms with Crippen LogP contribution < -0.4 is 0 Å². The molecule has 0 N–H and O–H groups in total. The first-order valence-corrected chi connectivity index (χ1v) is 7.67. The third kappa shape index (κ3) is 5.83. The highest BCUT2D eigenvalue weighted by Gasteiger charge is 1.98. The Bertz CT molecular complexity index is 565. The van der Waals surface area contributed by atoms with Crippen molar-refractivity contribution in [3.8, 4) is 0 Å². The summed E-state index contributed by atoms with van der Waals surface area (Å²) >= 11 is 0. The molecule has 0 aromatic heterocycles. The van der Waals surface area contributed by atoms with Crippen LogP contribution in [0.3, 0.4) is 0 Å². The molecule has 0 heteroatoms. The van der Waals surface area contributed by atoms with Crippen LogP contribution in [0.5, 0.6) is 0 Å². The van der Waals surface area contributed by atoms with Crippen LogP contribution in [0.2, 0.25) is 0 Å². The van der Waals surface area contributed by atoms with Gasteiger partial charge in [0, 0.05) is 0 Å². The van der Waals surface area contributed by atoms with E-state index in [9.17, 15) is 0 Å². The van der Waals surface area contributed by atoms with E-state index in [4.69, 9.17) is 0 Å². The fraction of sp³-hybridized carbons (Fsp3) is 0.238. The molecule has 2 aromatic rings. The molecule has 0 nitrogen and oxygen atoms in total. The summed E-state index contributed by atoms with van der Waals surface area (Å²) in [4.78, 5) is 0. The number of benzene rings is 2. The SMILES string of the molecule is C1=CC(Cc2ccccc2)=CCC1.Cc1ccc(C)cc1. The summed E-state index contributed by atoms with van der Waals surface area (Å²) in [7, 11) is 0. The summed E-state index contributed by atoms with van der Waals surface area (Å²) in [6.07, 6.45) is 10.3. The monoisotopic (exact) mass is 276 g/mol. The van der Waals surface area contributed by atoms with Crippen molar-refractivity contribution in [2.45, 2.75) is 33.1 Å². The molecule has 0 fully saturated rings. The predicted molar refractivity (Wildman–Crippen MR) is 92.5 cm³/mol. The largest absolute Gasteiger partial charge is 0.0840 e. The molecule has 0 bridgehead atoms. The second kappa shape index (κ2) is 8.26. The van der Waals surface area contributed by atoms with E-state index in [-0.39, 0.29) is 0 Å². The molecule has 2 aromatic carbocycles. The molecule has 0 saturated heterocycles. The summed E-state index contributed by atoms with van der Waals surface area (Å²) in [5.74, 6) is 0. The Kier molecular flexibility index (Phi) is 6.02. The number of aryl methyl sites for hydroxylation is 2. The average molecular weight is 276 g/mol. The molecule has 0 unspecified atom stereocenters. The second-order valence-corrected chi connectivity index (χ2v) is 5.58. The first-order valence-electron chi connectivity index (χ1n) is 7.67. The summed E-state index contributed by atoms with van der Waals surface area (Å²) < 4.78 is 0. The van der Waals surface area contributed by atoms with Crippen molar-refractivity contribution in [1.82, 2.24) is 0 Å². The molecular formula is C21H24. The highest BCUT2D eigenvalue weighted by molar-refractivity contribution is 5.29. The van der Waals surface area contributed by atoms with Gasteiger partial charge >= 0.3 is 0 Å². The molecule has 108 valence electrons. The first kappa shape index (κ1) is 15.3. The van der Waals surface area contributed by atoms with Gasteiger partial charge in [-0.25, -0.2) is 0 Å². The van der Waals surface area contributed by atoms with Gasteiger partial charge in [0.05, 0.1) is 0 Å². The highest BCUT2D eigenvalue weighted by atomic mass is 14.0. The normalized spacial score (nSPS) is 13.1. The van der Waals surface area contributed by atoms with Crippen LogP contribution in [-0.2, 0) is 6.42 Å². The van der Waals surface area contributed by atoms with Gasteiger partial charge in [-0.1, -0.05) is 84.0 Å². The number of hydrogen-bond acceptors (Lipinski definition) is 0. The molecule has 0 spiro atoms. The standard InChI is InChI=1S/C13H14.C8H10/c1-3-7-12(8-4-1)11-13-9-5-2-6-10-13;1-7-3-5-8(2)6-4-7/h1,3-5,7-10H,2,6,11H2;3-6H,1-2H3. The van der Waals surface area contributed by atoms with Gasteiger partial charge in [-0.05, 0) is 44.2 Å². The molecule has 1 aliphatic rings. The number of hydrogen-bond donors (Lipinski definition) is 0. The lowest BCUT2D eigenvalue weighted by molar-refractivity contribution is 0.994. The Balaban J connectivity index is 0.000000173. The highest BCUT2D eigenvalue weighted by Crippen LogP contribution is 2.14. The van der Waals surface area contributed by atoms with E-state index in [1.165, 1.54) is 35.1 Å². The Morgan fingerprint density at radius 2 is 1.38 bits per heavy atom. The fourth-order valence-electron chi connectivity index (χ4n) is 2.27. The predicted octanol–water partition coefficient (Wildman–Crippen LogP) is 5.81. The van der Waals surface area contributed by atoms with Crippen LogP contribution in [0.4, 0.5) is 0 Å². The average Bonchev–Trinajstić information content (AvgIpc) is 2.53. The third-order valence-corrected chi connectivity index (χ3v) is 3.54. The maximum absolute atomic E-state index is 2.34. The molecule has 0 radical (unpaired) electrons. The van der Waals surface area contributed by atoms with E-state index in [0.29, 0.717) is 0 Å². The maximum Gasteiger partial charge on any atom is -0.00290 e. The van der Waals surface area contributed by atoms with Crippen molar-refractivity contribution >= 4 is 0 Å². The van der Waals surface area contributed by atoms with Gasteiger partial charge in [-0.15, -0.1) is 0 Å². The van der Waals surface area contributed by atoms with Gasteiger partial charge in [0.2, 0.25) is 0 Å². The molecule has 3 rings (SSSR count). The number of rotatable bonds is 2. The minimum absolute atomic E-state index is 1.08. The van der Waals surface area contributed by atoms with Crippen molar-refractivity contribution in [3.63, 3.8) is 0 Å². The van der Waals surface area contributed by atoms with Crippen molar-refractivity contribution in [2.75, 3.05) is 0 Å². The maximum atomic E-state index is 2.34. The van der Waals surface area contributed by atoms with Gasteiger partial charge in [0.15, 0.2) is 0 Å². The van der Waals surface area contributed by atoms with Crippen LogP contribution in [0.1, 0.15) is 29.5 Å². The lowest BCUT2D eigenvalue weighted by Crippen LogP contribution is -1.90. The van der Waals surface area contributed by atoms with E-state index < -0.39 is 0 Å². The van der Waals surface area contributed by atoms with E-state index >= 15 is 0 Å². The summed E-state index contributed by atoms with van der Waals surface area (Å²) in [5, 5.41) is 0. The quantitative estimate of drug-likeness (QED) is 0.649. The fourth-order valence-corrected chi connectivity index (χ4v) is 2.27. The van der Waals surface area contributed by atoms with Crippen LogP contribution in [-0.4, -0.2) is 0 Å². The van der Waals surface area contributed by atoms with Gasteiger partial charge in [-0.2, -0.15) is 0 Å². The lowest BCUT2D eigenvalue weighted by Gasteiger charge is -2.06. The minimum atomic E-state index is 1.08. The Morgan fingerprint density at radius 3 is 1.90 bits per heavy atom. The van der Waals surface area contributed by atoms with Crippen molar-refractivity contribution < 1.29 is 0 Å². The van der Waals surface area contributed by atoms with Crippen LogP contribution in [0.15, 0.2) is 78.4 Å². The lowest BCUT2D eigenvalue weighted by atomic mass is 10.00. The van der Waals surface area contributed by atoms with Crippen molar-refractivity contribution in [3.05, 3.63) is 95.1 Å². The zero-order chi connectivity index (χ0) is 14.9. The molecule has 0 amide bonds. The Labute approximate surface area is 128 Å². The minimum Gasteiger partial charge on any atom is -0.0840 e. The van der Waals surface area contributed by atoms with Crippen LogP contribution in [0, 0.1) is 13.8 Å². The Hall–Kier alpha value is -2.08. The first-order chi connectivity index (χ1) is 10.2. The van der Waals surface area contributed by atoms with Gasteiger partial charge in [0.1, 0.15) is 0 Å². The Morgan fingerprint density at radius 1 is 0.762 bits per heavy atom. The van der Waals surface area contributed by atoms with Gasteiger partial charge in [-0.3, -0.25) is 0 Å².